The van der Waals surface area contributed by atoms with Crippen LogP contribution in [0.25, 0.3) is 10.2 Å². The van der Waals surface area contributed by atoms with Crippen molar-refractivity contribution in [3.8, 4) is 5.75 Å². The Balaban J connectivity index is 0.00000300. The van der Waals surface area contributed by atoms with E-state index in [2.05, 4.69) is 18.7 Å². The van der Waals surface area contributed by atoms with Gasteiger partial charge in [-0.1, -0.05) is 42.9 Å². The van der Waals surface area contributed by atoms with E-state index in [0.29, 0.717) is 12.1 Å². The summed E-state index contributed by atoms with van der Waals surface area (Å²) in [7, 11) is 1.65. The Bertz CT molecular complexity index is 956. The van der Waals surface area contributed by atoms with E-state index in [1.54, 1.807) is 7.11 Å². The molecule has 7 heteroatoms. The average Bonchev–Trinajstić information content (AvgIpc) is 3.13. The number of halogens is 1. The summed E-state index contributed by atoms with van der Waals surface area (Å²) in [6, 6.07) is 13.5. The lowest BCUT2D eigenvalue weighted by Gasteiger charge is -2.24. The predicted molar refractivity (Wildman–Crippen MR) is 124 cm³/mol. The number of thiazole rings is 1. The highest BCUT2D eigenvalue weighted by Gasteiger charge is 2.22. The van der Waals surface area contributed by atoms with E-state index >= 15 is 0 Å². The maximum Gasteiger partial charge on any atom is 0.260 e. The van der Waals surface area contributed by atoms with E-state index in [1.807, 2.05) is 54.3 Å². The molecule has 0 atom stereocenters. The first-order chi connectivity index (χ1) is 13.5. The standard InChI is InChI=1S/C22H27N3O2S.ClH/c1-5-24(6-2)12-13-25(21(26)17-9-7-8-16(3)14-17)22-23-19-11-10-18(27-4)15-20(19)28-22;/h7-11,14-15H,5-6,12-13H2,1-4H3;1H. The molecule has 0 radical (unpaired) electrons. The summed E-state index contributed by atoms with van der Waals surface area (Å²) < 4.78 is 6.33. The van der Waals surface area contributed by atoms with Gasteiger partial charge in [0.2, 0.25) is 0 Å². The van der Waals surface area contributed by atoms with Crippen LogP contribution in [0.1, 0.15) is 29.8 Å². The van der Waals surface area contributed by atoms with Crippen molar-refractivity contribution >= 4 is 45.0 Å². The van der Waals surface area contributed by atoms with Gasteiger partial charge in [0.15, 0.2) is 5.13 Å². The Morgan fingerprint density at radius 3 is 2.52 bits per heavy atom. The van der Waals surface area contributed by atoms with Crippen LogP contribution in [-0.4, -0.2) is 49.1 Å². The maximum absolute atomic E-state index is 13.3. The van der Waals surface area contributed by atoms with Crippen LogP contribution in [0.15, 0.2) is 42.5 Å². The van der Waals surface area contributed by atoms with Gasteiger partial charge in [0.05, 0.1) is 17.3 Å². The molecule has 1 amide bonds. The normalized spacial score (nSPS) is 10.8. The third-order valence-electron chi connectivity index (χ3n) is 4.86. The second-order valence-corrected chi connectivity index (χ2v) is 7.69. The molecule has 0 N–H and O–H groups in total. The van der Waals surface area contributed by atoms with Crippen LogP contribution in [0.3, 0.4) is 0 Å². The molecule has 0 aliphatic heterocycles. The fraction of sp³-hybridized carbons (Fsp3) is 0.364. The van der Waals surface area contributed by atoms with Gasteiger partial charge in [0.25, 0.3) is 5.91 Å². The molecule has 3 rings (SSSR count). The third-order valence-corrected chi connectivity index (χ3v) is 5.90. The van der Waals surface area contributed by atoms with Crippen molar-refractivity contribution in [1.82, 2.24) is 9.88 Å². The molecule has 0 spiro atoms. The number of fused-ring (bicyclic) bond motifs is 1. The van der Waals surface area contributed by atoms with Gasteiger partial charge in [-0.2, -0.15) is 0 Å². The molecule has 0 fully saturated rings. The Kier molecular flexibility index (Phi) is 8.44. The fourth-order valence-corrected chi connectivity index (χ4v) is 4.15. The smallest absolute Gasteiger partial charge is 0.260 e. The summed E-state index contributed by atoms with van der Waals surface area (Å²) in [5.74, 6) is 0.782. The lowest BCUT2D eigenvalue weighted by atomic mass is 10.1. The number of carbonyl (C=O) groups is 1. The van der Waals surface area contributed by atoms with Gasteiger partial charge >= 0.3 is 0 Å². The van der Waals surface area contributed by atoms with Crippen LogP contribution in [0.5, 0.6) is 5.75 Å². The van der Waals surface area contributed by atoms with Gasteiger partial charge in [-0.15, -0.1) is 12.4 Å². The quantitative estimate of drug-likeness (QED) is 0.500. The SMILES string of the molecule is CCN(CC)CCN(C(=O)c1cccc(C)c1)c1nc2ccc(OC)cc2s1.Cl. The van der Waals surface area contributed by atoms with E-state index < -0.39 is 0 Å². The summed E-state index contributed by atoms with van der Waals surface area (Å²) in [4.78, 5) is 22.2. The first-order valence-electron chi connectivity index (χ1n) is 9.61. The molecule has 156 valence electrons. The number of likely N-dealkylation sites (N-methyl/N-ethyl adjacent to an activating group) is 1. The van der Waals surface area contributed by atoms with Crippen LogP contribution in [0.4, 0.5) is 5.13 Å². The molecule has 29 heavy (non-hydrogen) atoms. The number of ether oxygens (including phenoxy) is 1. The van der Waals surface area contributed by atoms with Gasteiger partial charge < -0.3 is 9.64 Å². The number of benzene rings is 2. The van der Waals surface area contributed by atoms with Crippen molar-refractivity contribution in [2.75, 3.05) is 38.2 Å². The number of methoxy groups -OCH3 is 1. The van der Waals surface area contributed by atoms with Gasteiger partial charge in [0, 0.05) is 18.7 Å². The van der Waals surface area contributed by atoms with E-state index in [1.165, 1.54) is 11.3 Å². The summed E-state index contributed by atoms with van der Waals surface area (Å²) in [5, 5.41) is 0.724. The number of hydrogen-bond donors (Lipinski definition) is 0. The number of carbonyl (C=O) groups excluding carboxylic acids is 1. The first-order valence-corrected chi connectivity index (χ1v) is 10.4. The molecule has 0 bridgehead atoms. The van der Waals surface area contributed by atoms with Crippen LogP contribution in [0.2, 0.25) is 0 Å². The molecule has 5 nitrogen and oxygen atoms in total. The summed E-state index contributed by atoms with van der Waals surface area (Å²) in [5.41, 5.74) is 2.64. The molecule has 0 saturated carbocycles. The largest absolute Gasteiger partial charge is 0.497 e. The fourth-order valence-electron chi connectivity index (χ4n) is 3.13. The molecule has 1 aromatic heterocycles. The number of aromatic nitrogens is 1. The Labute approximate surface area is 182 Å². The van der Waals surface area contributed by atoms with Gasteiger partial charge in [-0.05, 0) is 50.3 Å². The number of amides is 1. The second-order valence-electron chi connectivity index (χ2n) is 6.68. The van der Waals surface area contributed by atoms with Crippen LogP contribution < -0.4 is 9.64 Å². The first kappa shape index (κ1) is 23.1. The highest BCUT2D eigenvalue weighted by Crippen LogP contribution is 2.32. The topological polar surface area (TPSA) is 45.7 Å². The minimum Gasteiger partial charge on any atom is -0.497 e. The van der Waals surface area contributed by atoms with Crippen LogP contribution in [-0.2, 0) is 0 Å². The minimum atomic E-state index is -0.0122. The van der Waals surface area contributed by atoms with Crippen LogP contribution in [0, 0.1) is 6.92 Å². The second kappa shape index (κ2) is 10.6. The van der Waals surface area contributed by atoms with Crippen molar-refractivity contribution in [3.63, 3.8) is 0 Å². The van der Waals surface area contributed by atoms with E-state index in [-0.39, 0.29) is 18.3 Å². The third kappa shape index (κ3) is 5.47. The molecule has 0 unspecified atom stereocenters. The lowest BCUT2D eigenvalue weighted by Crippen LogP contribution is -2.38. The number of hydrogen-bond acceptors (Lipinski definition) is 5. The van der Waals surface area contributed by atoms with E-state index in [9.17, 15) is 4.79 Å². The molecule has 0 aliphatic carbocycles. The van der Waals surface area contributed by atoms with Crippen molar-refractivity contribution in [2.24, 2.45) is 0 Å². The van der Waals surface area contributed by atoms with E-state index in [0.717, 1.165) is 46.3 Å². The molecule has 1 heterocycles. The van der Waals surface area contributed by atoms with Crippen molar-refractivity contribution < 1.29 is 9.53 Å². The van der Waals surface area contributed by atoms with Crippen LogP contribution >= 0.6 is 23.7 Å². The van der Waals surface area contributed by atoms with Crippen molar-refractivity contribution in [3.05, 3.63) is 53.6 Å². The Morgan fingerprint density at radius 1 is 1.10 bits per heavy atom. The minimum absolute atomic E-state index is 0. The van der Waals surface area contributed by atoms with Gasteiger partial charge in [0.1, 0.15) is 5.75 Å². The highest BCUT2D eigenvalue weighted by molar-refractivity contribution is 7.22. The molecule has 3 aromatic rings. The lowest BCUT2D eigenvalue weighted by molar-refractivity contribution is 0.0983. The number of aryl methyl sites for hydroxylation is 1. The highest BCUT2D eigenvalue weighted by atomic mass is 35.5. The van der Waals surface area contributed by atoms with E-state index in [4.69, 9.17) is 9.72 Å². The van der Waals surface area contributed by atoms with Gasteiger partial charge in [-0.25, -0.2) is 4.98 Å². The predicted octanol–water partition coefficient (Wildman–Crippen LogP) is 5.02. The van der Waals surface area contributed by atoms with Crippen molar-refractivity contribution in [2.45, 2.75) is 20.8 Å². The monoisotopic (exact) mass is 433 g/mol. The van der Waals surface area contributed by atoms with Gasteiger partial charge in [-0.3, -0.25) is 9.69 Å². The zero-order valence-corrected chi connectivity index (χ0v) is 19.0. The maximum atomic E-state index is 13.3. The molecule has 0 saturated heterocycles. The zero-order chi connectivity index (χ0) is 20.1. The van der Waals surface area contributed by atoms with Crippen molar-refractivity contribution in [1.29, 1.82) is 0 Å². The molecular weight excluding hydrogens is 406 g/mol. The number of anilines is 1. The molecule has 2 aromatic carbocycles. The summed E-state index contributed by atoms with van der Waals surface area (Å²) in [6.07, 6.45) is 0. The number of rotatable bonds is 8. The number of nitrogens with zero attached hydrogens (tertiary/aromatic N) is 3. The zero-order valence-electron chi connectivity index (χ0n) is 17.3. The molecule has 0 aliphatic rings. The Hall–Kier alpha value is -2.15. The summed E-state index contributed by atoms with van der Waals surface area (Å²) >= 11 is 1.52. The Morgan fingerprint density at radius 2 is 1.86 bits per heavy atom. The average molecular weight is 434 g/mol. The summed E-state index contributed by atoms with van der Waals surface area (Å²) in [6.45, 7) is 9.61. The molecular formula is C22H28ClN3O2S.